The van der Waals surface area contributed by atoms with Crippen LogP contribution in [0.4, 0.5) is 0 Å². The number of aryl methyl sites for hydroxylation is 1. The third-order valence-electron chi connectivity index (χ3n) is 4.58. The number of halogens is 1. The van der Waals surface area contributed by atoms with Gasteiger partial charge in [-0.3, -0.25) is 4.79 Å². The van der Waals surface area contributed by atoms with Crippen molar-refractivity contribution in [3.8, 4) is 11.5 Å². The summed E-state index contributed by atoms with van der Waals surface area (Å²) in [5, 5.41) is 6.26. The SMILES string of the molecule is Cc1ccc(CNC(=O)C(C)C2CNC2)c(Oc2ccccc2)c1.Cl. The van der Waals surface area contributed by atoms with Gasteiger partial charge in [0.25, 0.3) is 0 Å². The number of carbonyl (C=O) groups excluding carboxylic acids is 1. The van der Waals surface area contributed by atoms with Crippen LogP contribution in [0.5, 0.6) is 11.5 Å². The minimum atomic E-state index is 0. The highest BCUT2D eigenvalue weighted by Crippen LogP contribution is 2.26. The smallest absolute Gasteiger partial charge is 0.223 e. The summed E-state index contributed by atoms with van der Waals surface area (Å²) in [6.45, 7) is 6.37. The largest absolute Gasteiger partial charge is 0.457 e. The van der Waals surface area contributed by atoms with Gasteiger partial charge in [-0.15, -0.1) is 12.4 Å². The minimum absolute atomic E-state index is 0. The molecule has 1 fully saturated rings. The number of benzene rings is 2. The maximum absolute atomic E-state index is 12.3. The van der Waals surface area contributed by atoms with Crippen molar-refractivity contribution >= 4 is 18.3 Å². The van der Waals surface area contributed by atoms with Crippen molar-refractivity contribution in [1.82, 2.24) is 10.6 Å². The molecule has 1 saturated heterocycles. The molecule has 1 amide bonds. The number of hydrogen-bond acceptors (Lipinski definition) is 3. The number of rotatable bonds is 6. The van der Waals surface area contributed by atoms with Gasteiger partial charge in [-0.2, -0.15) is 0 Å². The summed E-state index contributed by atoms with van der Waals surface area (Å²) in [6, 6.07) is 15.8. The lowest BCUT2D eigenvalue weighted by atomic mass is 9.88. The highest BCUT2D eigenvalue weighted by Gasteiger charge is 2.28. The second kappa shape index (κ2) is 8.88. The second-order valence-corrected chi connectivity index (χ2v) is 6.45. The molecule has 1 unspecified atom stereocenters. The van der Waals surface area contributed by atoms with Crippen molar-refractivity contribution in [3.05, 3.63) is 59.7 Å². The molecule has 0 radical (unpaired) electrons. The molecule has 0 aromatic heterocycles. The quantitative estimate of drug-likeness (QED) is 0.826. The molecule has 1 aliphatic heterocycles. The Morgan fingerprint density at radius 2 is 1.96 bits per heavy atom. The van der Waals surface area contributed by atoms with E-state index in [0.29, 0.717) is 12.5 Å². The van der Waals surface area contributed by atoms with Crippen LogP contribution in [0.15, 0.2) is 48.5 Å². The van der Waals surface area contributed by atoms with Gasteiger partial charge in [0.1, 0.15) is 11.5 Å². The Morgan fingerprint density at radius 1 is 1.24 bits per heavy atom. The molecule has 5 heteroatoms. The molecule has 25 heavy (non-hydrogen) atoms. The minimum Gasteiger partial charge on any atom is -0.457 e. The highest BCUT2D eigenvalue weighted by molar-refractivity contribution is 5.85. The fourth-order valence-corrected chi connectivity index (χ4v) is 2.74. The van der Waals surface area contributed by atoms with Gasteiger partial charge in [0, 0.05) is 18.0 Å². The number of hydrogen-bond donors (Lipinski definition) is 2. The highest BCUT2D eigenvalue weighted by atomic mass is 35.5. The van der Waals surface area contributed by atoms with E-state index in [0.717, 1.165) is 35.7 Å². The van der Waals surface area contributed by atoms with Crippen molar-refractivity contribution in [2.45, 2.75) is 20.4 Å². The Bertz CT molecular complexity index is 702. The van der Waals surface area contributed by atoms with Gasteiger partial charge < -0.3 is 15.4 Å². The predicted octanol–water partition coefficient (Wildman–Crippen LogP) is 3.68. The summed E-state index contributed by atoms with van der Waals surface area (Å²) in [7, 11) is 0. The van der Waals surface area contributed by atoms with E-state index in [1.807, 2.05) is 62.4 Å². The molecular weight excluding hydrogens is 336 g/mol. The van der Waals surface area contributed by atoms with Crippen LogP contribution in [-0.2, 0) is 11.3 Å². The van der Waals surface area contributed by atoms with Crippen LogP contribution in [0.2, 0.25) is 0 Å². The number of para-hydroxylation sites is 1. The van der Waals surface area contributed by atoms with Crippen molar-refractivity contribution in [2.75, 3.05) is 13.1 Å². The van der Waals surface area contributed by atoms with E-state index in [4.69, 9.17) is 4.74 Å². The van der Waals surface area contributed by atoms with Gasteiger partial charge in [-0.05, 0) is 49.7 Å². The van der Waals surface area contributed by atoms with Gasteiger partial charge in [0.2, 0.25) is 5.91 Å². The first-order valence-corrected chi connectivity index (χ1v) is 8.44. The van der Waals surface area contributed by atoms with Crippen LogP contribution in [0.3, 0.4) is 0 Å². The lowest BCUT2D eigenvalue weighted by Gasteiger charge is -2.31. The van der Waals surface area contributed by atoms with Crippen molar-refractivity contribution < 1.29 is 9.53 Å². The zero-order valence-electron chi connectivity index (χ0n) is 14.6. The third-order valence-corrected chi connectivity index (χ3v) is 4.58. The average Bonchev–Trinajstić information content (AvgIpc) is 2.53. The molecule has 1 heterocycles. The van der Waals surface area contributed by atoms with E-state index >= 15 is 0 Å². The Kier molecular flexibility index (Phi) is 6.85. The molecule has 4 nitrogen and oxygen atoms in total. The van der Waals surface area contributed by atoms with Gasteiger partial charge in [-0.25, -0.2) is 0 Å². The van der Waals surface area contributed by atoms with E-state index in [-0.39, 0.29) is 24.2 Å². The molecule has 0 aliphatic carbocycles. The zero-order chi connectivity index (χ0) is 16.9. The fourth-order valence-electron chi connectivity index (χ4n) is 2.74. The number of ether oxygens (including phenoxy) is 1. The van der Waals surface area contributed by atoms with Crippen LogP contribution in [0.1, 0.15) is 18.1 Å². The summed E-state index contributed by atoms with van der Waals surface area (Å²) >= 11 is 0. The van der Waals surface area contributed by atoms with Crippen LogP contribution < -0.4 is 15.4 Å². The molecule has 1 atom stereocenters. The Morgan fingerprint density at radius 3 is 2.60 bits per heavy atom. The van der Waals surface area contributed by atoms with Crippen LogP contribution in [-0.4, -0.2) is 19.0 Å². The first-order valence-electron chi connectivity index (χ1n) is 8.44. The fraction of sp³-hybridized carbons (Fsp3) is 0.350. The van der Waals surface area contributed by atoms with E-state index in [1.165, 1.54) is 0 Å². The Labute approximate surface area is 155 Å². The summed E-state index contributed by atoms with van der Waals surface area (Å²) in [4.78, 5) is 12.3. The van der Waals surface area contributed by atoms with Crippen LogP contribution >= 0.6 is 12.4 Å². The first kappa shape index (κ1) is 19.3. The monoisotopic (exact) mass is 360 g/mol. The topological polar surface area (TPSA) is 50.4 Å². The number of nitrogens with one attached hydrogen (secondary N) is 2. The lowest BCUT2D eigenvalue weighted by Crippen LogP contribution is -2.49. The lowest BCUT2D eigenvalue weighted by molar-refractivity contribution is -0.126. The van der Waals surface area contributed by atoms with E-state index in [1.54, 1.807) is 0 Å². The van der Waals surface area contributed by atoms with E-state index in [2.05, 4.69) is 10.6 Å². The Balaban J connectivity index is 0.00000225. The number of amides is 1. The average molecular weight is 361 g/mol. The molecule has 0 saturated carbocycles. The van der Waals surface area contributed by atoms with E-state index < -0.39 is 0 Å². The molecule has 0 bridgehead atoms. The van der Waals surface area contributed by atoms with Crippen molar-refractivity contribution in [3.63, 3.8) is 0 Å². The molecule has 134 valence electrons. The molecule has 2 aromatic rings. The van der Waals surface area contributed by atoms with Crippen LogP contribution in [0.25, 0.3) is 0 Å². The molecule has 2 aromatic carbocycles. The molecule has 3 rings (SSSR count). The standard InChI is InChI=1S/C20H24N2O2.ClH/c1-14-8-9-16(13-22-20(23)15(2)17-11-21-12-17)19(10-14)24-18-6-4-3-5-7-18;/h3-10,15,17,21H,11-13H2,1-2H3,(H,22,23);1H. The third kappa shape index (κ3) is 4.97. The van der Waals surface area contributed by atoms with E-state index in [9.17, 15) is 4.79 Å². The van der Waals surface area contributed by atoms with Gasteiger partial charge in [0.15, 0.2) is 0 Å². The summed E-state index contributed by atoms with van der Waals surface area (Å²) < 4.78 is 6.00. The normalized spacial score (nSPS) is 14.8. The molecule has 0 spiro atoms. The first-order chi connectivity index (χ1) is 11.6. The van der Waals surface area contributed by atoms with Gasteiger partial charge in [-0.1, -0.05) is 37.3 Å². The maximum atomic E-state index is 12.3. The summed E-state index contributed by atoms with van der Waals surface area (Å²) in [6.07, 6.45) is 0. The summed E-state index contributed by atoms with van der Waals surface area (Å²) in [5.41, 5.74) is 2.11. The molecular formula is C20H25ClN2O2. The van der Waals surface area contributed by atoms with Gasteiger partial charge in [0.05, 0.1) is 0 Å². The Hall–Kier alpha value is -2.04. The summed E-state index contributed by atoms with van der Waals surface area (Å²) in [5.74, 6) is 2.18. The zero-order valence-corrected chi connectivity index (χ0v) is 15.4. The van der Waals surface area contributed by atoms with Gasteiger partial charge >= 0.3 is 0 Å². The van der Waals surface area contributed by atoms with Crippen molar-refractivity contribution in [2.24, 2.45) is 11.8 Å². The molecule has 1 aliphatic rings. The number of carbonyl (C=O) groups is 1. The maximum Gasteiger partial charge on any atom is 0.223 e. The van der Waals surface area contributed by atoms with Crippen molar-refractivity contribution in [1.29, 1.82) is 0 Å². The molecule has 2 N–H and O–H groups in total. The van der Waals surface area contributed by atoms with Crippen LogP contribution in [0, 0.1) is 18.8 Å². The second-order valence-electron chi connectivity index (χ2n) is 6.45. The predicted molar refractivity (Wildman–Crippen MR) is 102 cm³/mol.